The van der Waals surface area contributed by atoms with Crippen LogP contribution in [0.25, 0.3) is 0 Å². The summed E-state index contributed by atoms with van der Waals surface area (Å²) in [6.45, 7) is 1.73. The largest absolute Gasteiger partial charge is 0.382 e. The highest BCUT2D eigenvalue weighted by Gasteiger charge is 2.16. The number of H-pyrrole nitrogens is 1. The van der Waals surface area contributed by atoms with Gasteiger partial charge in [-0.3, -0.25) is 4.79 Å². The van der Waals surface area contributed by atoms with Gasteiger partial charge in [0.15, 0.2) is 0 Å². The Labute approximate surface area is 100 Å². The zero-order valence-corrected chi connectivity index (χ0v) is 10.1. The van der Waals surface area contributed by atoms with Gasteiger partial charge in [0.2, 0.25) is 0 Å². The van der Waals surface area contributed by atoms with Crippen LogP contribution in [-0.2, 0) is 28.7 Å². The van der Waals surface area contributed by atoms with Crippen molar-refractivity contribution in [3.63, 3.8) is 0 Å². The van der Waals surface area contributed by atoms with Crippen molar-refractivity contribution >= 4 is 0 Å². The summed E-state index contributed by atoms with van der Waals surface area (Å²) in [7, 11) is 1.64. The number of aromatic amines is 1. The molecule has 1 aliphatic rings. The number of aromatic nitrogens is 2. The topological polar surface area (TPSA) is 64.2 Å². The van der Waals surface area contributed by atoms with Crippen molar-refractivity contribution < 1.29 is 9.47 Å². The molecule has 17 heavy (non-hydrogen) atoms. The standard InChI is InChI=1S/C12H18N2O3/c1-16-7-8-17-6-5-11-13-10-4-2-3-9(10)12(15)14-11/h2-8H2,1H3,(H,13,14,15). The van der Waals surface area contributed by atoms with Gasteiger partial charge in [0.1, 0.15) is 5.82 Å². The summed E-state index contributed by atoms with van der Waals surface area (Å²) in [5.74, 6) is 0.730. The number of hydrogen-bond acceptors (Lipinski definition) is 4. The summed E-state index contributed by atoms with van der Waals surface area (Å²) in [4.78, 5) is 19.0. The molecule has 0 saturated heterocycles. The molecule has 5 heteroatoms. The van der Waals surface area contributed by atoms with Crippen molar-refractivity contribution in [1.82, 2.24) is 9.97 Å². The fourth-order valence-electron chi connectivity index (χ4n) is 2.02. The lowest BCUT2D eigenvalue weighted by molar-refractivity contribution is 0.0716. The van der Waals surface area contributed by atoms with Gasteiger partial charge in [-0.05, 0) is 19.3 Å². The average Bonchev–Trinajstić information content (AvgIpc) is 2.77. The first-order chi connectivity index (χ1) is 8.31. The van der Waals surface area contributed by atoms with Gasteiger partial charge >= 0.3 is 0 Å². The van der Waals surface area contributed by atoms with E-state index in [0.29, 0.717) is 26.2 Å². The van der Waals surface area contributed by atoms with Gasteiger partial charge in [-0.15, -0.1) is 0 Å². The van der Waals surface area contributed by atoms with Crippen molar-refractivity contribution in [2.24, 2.45) is 0 Å². The first-order valence-corrected chi connectivity index (χ1v) is 5.99. The van der Waals surface area contributed by atoms with Gasteiger partial charge in [0, 0.05) is 19.1 Å². The Bertz CT molecular complexity index is 428. The van der Waals surface area contributed by atoms with E-state index in [9.17, 15) is 4.79 Å². The molecule has 0 amide bonds. The summed E-state index contributed by atoms with van der Waals surface area (Å²) in [6.07, 6.45) is 3.48. The van der Waals surface area contributed by atoms with Crippen LogP contribution in [0.4, 0.5) is 0 Å². The lowest BCUT2D eigenvalue weighted by Crippen LogP contribution is -2.18. The van der Waals surface area contributed by atoms with Gasteiger partial charge in [-0.1, -0.05) is 0 Å². The molecule has 1 aromatic rings. The Morgan fingerprint density at radius 1 is 1.29 bits per heavy atom. The van der Waals surface area contributed by atoms with Crippen LogP contribution < -0.4 is 5.56 Å². The Morgan fingerprint density at radius 2 is 2.18 bits per heavy atom. The van der Waals surface area contributed by atoms with E-state index >= 15 is 0 Å². The molecule has 0 bridgehead atoms. The van der Waals surface area contributed by atoms with Crippen molar-refractivity contribution in [1.29, 1.82) is 0 Å². The van der Waals surface area contributed by atoms with Crippen LogP contribution in [0.3, 0.4) is 0 Å². The summed E-state index contributed by atoms with van der Waals surface area (Å²) in [6, 6.07) is 0. The molecule has 0 radical (unpaired) electrons. The van der Waals surface area contributed by atoms with Crippen LogP contribution in [0, 0.1) is 0 Å². The normalized spacial score (nSPS) is 13.9. The zero-order valence-electron chi connectivity index (χ0n) is 10.1. The minimum Gasteiger partial charge on any atom is -0.382 e. The highest BCUT2D eigenvalue weighted by molar-refractivity contribution is 5.22. The number of ether oxygens (including phenoxy) is 2. The molecule has 1 aliphatic carbocycles. The van der Waals surface area contributed by atoms with Crippen LogP contribution in [0.1, 0.15) is 23.5 Å². The molecule has 1 N–H and O–H groups in total. The molecule has 94 valence electrons. The predicted molar refractivity (Wildman–Crippen MR) is 63.3 cm³/mol. The maximum absolute atomic E-state index is 11.7. The van der Waals surface area contributed by atoms with Crippen molar-refractivity contribution in [2.45, 2.75) is 25.7 Å². The Kier molecular flexibility index (Phi) is 4.28. The summed E-state index contributed by atoms with van der Waals surface area (Å²) in [5, 5.41) is 0. The Morgan fingerprint density at radius 3 is 3.00 bits per heavy atom. The molecular formula is C12H18N2O3. The van der Waals surface area contributed by atoms with Crippen LogP contribution >= 0.6 is 0 Å². The second kappa shape index (κ2) is 5.93. The monoisotopic (exact) mass is 238 g/mol. The first kappa shape index (κ1) is 12.3. The van der Waals surface area contributed by atoms with E-state index in [1.807, 2.05) is 0 Å². The van der Waals surface area contributed by atoms with E-state index in [2.05, 4.69) is 9.97 Å². The number of nitrogens with one attached hydrogen (secondary N) is 1. The fraction of sp³-hybridized carbons (Fsp3) is 0.667. The first-order valence-electron chi connectivity index (χ1n) is 5.99. The average molecular weight is 238 g/mol. The van der Waals surface area contributed by atoms with Crippen LogP contribution in [-0.4, -0.2) is 36.9 Å². The molecule has 1 aromatic heterocycles. The quantitative estimate of drug-likeness (QED) is 0.731. The third kappa shape index (κ3) is 3.14. The third-order valence-electron chi connectivity index (χ3n) is 2.91. The molecule has 0 aliphatic heterocycles. The molecular weight excluding hydrogens is 220 g/mol. The number of nitrogens with zero attached hydrogens (tertiary/aromatic N) is 1. The maximum Gasteiger partial charge on any atom is 0.254 e. The SMILES string of the molecule is COCCOCCc1nc2c(c(=O)[nH]1)CCC2. The third-order valence-corrected chi connectivity index (χ3v) is 2.91. The molecule has 0 unspecified atom stereocenters. The van der Waals surface area contributed by atoms with E-state index in [1.165, 1.54) is 0 Å². The fourth-order valence-corrected chi connectivity index (χ4v) is 2.02. The van der Waals surface area contributed by atoms with Crippen molar-refractivity contribution in [2.75, 3.05) is 26.9 Å². The highest BCUT2D eigenvalue weighted by Crippen LogP contribution is 2.15. The van der Waals surface area contributed by atoms with Gasteiger partial charge in [-0.25, -0.2) is 4.98 Å². The second-order valence-electron chi connectivity index (χ2n) is 4.15. The Balaban J connectivity index is 1.89. The van der Waals surface area contributed by atoms with Crippen LogP contribution in [0.2, 0.25) is 0 Å². The van der Waals surface area contributed by atoms with Crippen LogP contribution in [0.5, 0.6) is 0 Å². The number of fused-ring (bicyclic) bond motifs is 1. The van der Waals surface area contributed by atoms with Gasteiger partial charge in [-0.2, -0.15) is 0 Å². The number of aryl methyl sites for hydroxylation is 1. The van der Waals surface area contributed by atoms with E-state index in [-0.39, 0.29) is 5.56 Å². The van der Waals surface area contributed by atoms with E-state index in [4.69, 9.17) is 9.47 Å². The molecule has 5 nitrogen and oxygen atoms in total. The molecule has 0 aromatic carbocycles. The minimum atomic E-state index is 0.0272. The van der Waals surface area contributed by atoms with Crippen LogP contribution in [0.15, 0.2) is 4.79 Å². The summed E-state index contributed by atoms with van der Waals surface area (Å²) in [5.41, 5.74) is 1.87. The molecule has 0 saturated carbocycles. The molecule has 1 heterocycles. The molecule has 0 atom stereocenters. The Hall–Kier alpha value is -1.20. The van der Waals surface area contributed by atoms with E-state index in [0.717, 1.165) is 36.3 Å². The highest BCUT2D eigenvalue weighted by atomic mass is 16.5. The predicted octanol–water partition coefficient (Wildman–Crippen LogP) is 0.464. The number of rotatable bonds is 6. The smallest absolute Gasteiger partial charge is 0.254 e. The zero-order chi connectivity index (χ0) is 12.1. The van der Waals surface area contributed by atoms with Gasteiger partial charge < -0.3 is 14.5 Å². The van der Waals surface area contributed by atoms with Gasteiger partial charge in [0.05, 0.1) is 25.5 Å². The van der Waals surface area contributed by atoms with Crippen molar-refractivity contribution in [3.05, 3.63) is 27.4 Å². The van der Waals surface area contributed by atoms with E-state index in [1.54, 1.807) is 7.11 Å². The lowest BCUT2D eigenvalue weighted by Gasteiger charge is -2.05. The van der Waals surface area contributed by atoms with E-state index < -0.39 is 0 Å². The molecule has 0 spiro atoms. The minimum absolute atomic E-state index is 0.0272. The van der Waals surface area contributed by atoms with Crippen molar-refractivity contribution in [3.8, 4) is 0 Å². The van der Waals surface area contributed by atoms with Gasteiger partial charge in [0.25, 0.3) is 5.56 Å². The summed E-state index contributed by atoms with van der Waals surface area (Å²) < 4.78 is 10.2. The number of hydrogen-bond donors (Lipinski definition) is 1. The molecule has 2 rings (SSSR count). The second-order valence-corrected chi connectivity index (χ2v) is 4.15. The number of methoxy groups -OCH3 is 1. The maximum atomic E-state index is 11.7. The lowest BCUT2D eigenvalue weighted by atomic mass is 10.2. The molecule has 0 fully saturated rings. The summed E-state index contributed by atoms with van der Waals surface area (Å²) >= 11 is 0.